The first-order valence-corrected chi connectivity index (χ1v) is 7.43. The molecule has 0 aliphatic heterocycles. The zero-order valence-electron chi connectivity index (χ0n) is 11.1. The fourth-order valence-corrected chi connectivity index (χ4v) is 2.75. The van der Waals surface area contributed by atoms with Gasteiger partial charge in [-0.05, 0) is 37.1 Å². The highest BCUT2D eigenvalue weighted by atomic mass is 32.1. The van der Waals surface area contributed by atoms with E-state index in [0.717, 1.165) is 23.3 Å². The fourth-order valence-electron chi connectivity index (χ4n) is 1.75. The molecule has 2 N–H and O–H groups in total. The first-order chi connectivity index (χ1) is 9.10. The Balaban J connectivity index is 2.10. The molecule has 1 aromatic heterocycles. The third-order valence-electron chi connectivity index (χ3n) is 2.91. The second kappa shape index (κ2) is 6.17. The van der Waals surface area contributed by atoms with Crippen molar-refractivity contribution in [2.45, 2.75) is 26.9 Å². The Hall–Kier alpha value is -1.39. The average molecular weight is 291 g/mol. The number of benzene rings is 1. The lowest BCUT2D eigenvalue weighted by atomic mass is 10.1. The number of nitrogens with two attached hydrogens (primary N) is 1. The maximum Gasteiger partial charge on any atom is 0.123 e. The van der Waals surface area contributed by atoms with Gasteiger partial charge in [-0.25, -0.2) is 0 Å². The zero-order chi connectivity index (χ0) is 13.8. The van der Waals surface area contributed by atoms with Gasteiger partial charge < -0.3 is 10.5 Å². The van der Waals surface area contributed by atoms with E-state index >= 15 is 0 Å². The molecule has 0 atom stereocenters. The van der Waals surface area contributed by atoms with Crippen molar-refractivity contribution >= 4 is 28.5 Å². The molecule has 0 spiro atoms. The van der Waals surface area contributed by atoms with Crippen LogP contribution in [0.2, 0.25) is 0 Å². The van der Waals surface area contributed by atoms with Crippen LogP contribution in [0.5, 0.6) is 5.75 Å². The van der Waals surface area contributed by atoms with Crippen LogP contribution in [0.3, 0.4) is 0 Å². The van der Waals surface area contributed by atoms with Crippen molar-refractivity contribution in [1.29, 1.82) is 0 Å². The Bertz CT molecular complexity index is 590. The van der Waals surface area contributed by atoms with Gasteiger partial charge >= 0.3 is 0 Å². The number of thiophene rings is 1. The molecule has 19 heavy (non-hydrogen) atoms. The van der Waals surface area contributed by atoms with E-state index in [9.17, 15) is 0 Å². The van der Waals surface area contributed by atoms with E-state index in [0.29, 0.717) is 11.6 Å². The van der Waals surface area contributed by atoms with Crippen LogP contribution in [0.4, 0.5) is 0 Å². The Morgan fingerprint density at radius 3 is 2.63 bits per heavy atom. The second-order valence-corrected chi connectivity index (χ2v) is 6.05. The van der Waals surface area contributed by atoms with Gasteiger partial charge in [0.2, 0.25) is 0 Å². The normalized spacial score (nSPS) is 10.4. The molecule has 0 fully saturated rings. The fraction of sp³-hybridized carbons (Fsp3) is 0.267. The van der Waals surface area contributed by atoms with E-state index in [-0.39, 0.29) is 0 Å². The molecule has 0 unspecified atom stereocenters. The molecular weight excluding hydrogens is 274 g/mol. The molecule has 0 bridgehead atoms. The maximum absolute atomic E-state index is 5.87. The van der Waals surface area contributed by atoms with Gasteiger partial charge in [-0.1, -0.05) is 31.3 Å². The van der Waals surface area contributed by atoms with Crippen molar-refractivity contribution in [3.63, 3.8) is 0 Å². The third-order valence-corrected chi connectivity index (χ3v) is 4.35. The molecule has 2 rings (SSSR count). The Morgan fingerprint density at radius 1 is 1.26 bits per heavy atom. The third kappa shape index (κ3) is 3.55. The summed E-state index contributed by atoms with van der Waals surface area (Å²) >= 11 is 6.78. The average Bonchev–Trinajstić information content (AvgIpc) is 2.85. The van der Waals surface area contributed by atoms with Gasteiger partial charge in [-0.15, -0.1) is 11.3 Å². The second-order valence-electron chi connectivity index (χ2n) is 4.35. The topological polar surface area (TPSA) is 35.2 Å². The quantitative estimate of drug-likeness (QED) is 0.850. The van der Waals surface area contributed by atoms with Gasteiger partial charge in [0.25, 0.3) is 0 Å². The predicted molar refractivity (Wildman–Crippen MR) is 85.1 cm³/mol. The largest absolute Gasteiger partial charge is 0.488 e. The Morgan fingerprint density at radius 2 is 2.00 bits per heavy atom. The number of ether oxygens (including phenoxy) is 1. The summed E-state index contributed by atoms with van der Waals surface area (Å²) in [6.07, 6.45) is 1.07. The van der Waals surface area contributed by atoms with Crippen molar-refractivity contribution < 1.29 is 4.74 Å². The van der Waals surface area contributed by atoms with Crippen LogP contribution in [0, 0.1) is 6.92 Å². The summed E-state index contributed by atoms with van der Waals surface area (Å²) in [5.41, 5.74) is 7.57. The molecule has 0 amide bonds. The minimum Gasteiger partial charge on any atom is -0.488 e. The molecular formula is C15H17NOS2. The molecule has 0 aliphatic carbocycles. The number of hydrogen-bond acceptors (Lipinski definition) is 3. The summed E-state index contributed by atoms with van der Waals surface area (Å²) in [4.78, 5) is 3.01. The highest BCUT2D eigenvalue weighted by Crippen LogP contribution is 2.23. The smallest absolute Gasteiger partial charge is 0.123 e. The summed E-state index contributed by atoms with van der Waals surface area (Å²) in [6, 6.07) is 10.1. The van der Waals surface area contributed by atoms with Gasteiger partial charge in [0.15, 0.2) is 0 Å². The number of thiocarbonyl (C=S) groups is 1. The number of rotatable bonds is 5. The Kier molecular flexibility index (Phi) is 4.56. The van der Waals surface area contributed by atoms with Crippen LogP contribution < -0.4 is 10.5 Å². The highest BCUT2D eigenvalue weighted by molar-refractivity contribution is 7.80. The monoisotopic (exact) mass is 291 g/mol. The minimum absolute atomic E-state index is 0.397. The van der Waals surface area contributed by atoms with E-state index in [2.05, 4.69) is 19.1 Å². The minimum atomic E-state index is 0.397. The van der Waals surface area contributed by atoms with Crippen molar-refractivity contribution in [2.75, 3.05) is 0 Å². The van der Waals surface area contributed by atoms with E-state index in [1.165, 1.54) is 9.75 Å². The first kappa shape index (κ1) is 14.0. The summed E-state index contributed by atoms with van der Waals surface area (Å²) < 4.78 is 5.87. The molecule has 2 aromatic rings. The lowest BCUT2D eigenvalue weighted by Crippen LogP contribution is -2.09. The summed E-state index contributed by atoms with van der Waals surface area (Å²) in [5, 5.41) is 0. The van der Waals surface area contributed by atoms with Crippen molar-refractivity contribution in [1.82, 2.24) is 0 Å². The van der Waals surface area contributed by atoms with Crippen molar-refractivity contribution in [3.05, 3.63) is 51.2 Å². The highest BCUT2D eigenvalue weighted by Gasteiger charge is 2.05. The van der Waals surface area contributed by atoms with E-state index in [1.807, 2.05) is 25.1 Å². The van der Waals surface area contributed by atoms with Crippen LogP contribution in [0.25, 0.3) is 0 Å². The lowest BCUT2D eigenvalue weighted by Gasteiger charge is -2.09. The van der Waals surface area contributed by atoms with E-state index < -0.39 is 0 Å². The molecule has 1 aromatic carbocycles. The number of aryl methyl sites for hydroxylation is 2. The van der Waals surface area contributed by atoms with Gasteiger partial charge in [-0.2, -0.15) is 0 Å². The molecule has 2 nitrogen and oxygen atoms in total. The van der Waals surface area contributed by atoms with Crippen LogP contribution in [-0.4, -0.2) is 4.99 Å². The van der Waals surface area contributed by atoms with E-state index in [4.69, 9.17) is 22.7 Å². The van der Waals surface area contributed by atoms with Crippen LogP contribution in [0.15, 0.2) is 30.3 Å². The zero-order valence-corrected chi connectivity index (χ0v) is 12.7. The molecule has 4 heteroatoms. The predicted octanol–water partition coefficient (Wildman–Crippen LogP) is 3.83. The molecule has 0 saturated carbocycles. The van der Waals surface area contributed by atoms with Gasteiger partial charge in [0.1, 0.15) is 17.3 Å². The maximum atomic E-state index is 5.87. The van der Waals surface area contributed by atoms with E-state index in [1.54, 1.807) is 11.3 Å². The van der Waals surface area contributed by atoms with Crippen LogP contribution in [-0.2, 0) is 13.0 Å². The van der Waals surface area contributed by atoms with Gasteiger partial charge in [0, 0.05) is 15.3 Å². The SMILES string of the molecule is CCc1ccc(COc2cc(C(N)=S)ccc2C)s1. The lowest BCUT2D eigenvalue weighted by molar-refractivity contribution is 0.307. The van der Waals surface area contributed by atoms with Crippen LogP contribution >= 0.6 is 23.6 Å². The standard InChI is InChI=1S/C15H17NOS2/c1-3-12-6-7-13(19-12)9-17-14-8-11(15(16)18)5-4-10(14)2/h4-8H,3,9H2,1-2H3,(H2,16,18). The van der Waals surface area contributed by atoms with Crippen molar-refractivity contribution in [3.8, 4) is 5.75 Å². The van der Waals surface area contributed by atoms with Crippen LogP contribution in [0.1, 0.15) is 27.8 Å². The van der Waals surface area contributed by atoms with Crippen molar-refractivity contribution in [2.24, 2.45) is 5.73 Å². The first-order valence-electron chi connectivity index (χ1n) is 6.21. The Labute approximate surface area is 123 Å². The summed E-state index contributed by atoms with van der Waals surface area (Å²) in [7, 11) is 0. The molecule has 1 heterocycles. The summed E-state index contributed by atoms with van der Waals surface area (Å²) in [5.74, 6) is 0.844. The van der Waals surface area contributed by atoms with Gasteiger partial charge in [-0.3, -0.25) is 0 Å². The summed E-state index contributed by atoms with van der Waals surface area (Å²) in [6.45, 7) is 4.77. The number of hydrogen-bond donors (Lipinski definition) is 1. The molecule has 0 radical (unpaired) electrons. The molecule has 100 valence electrons. The molecule has 0 saturated heterocycles. The molecule has 0 aliphatic rings. The van der Waals surface area contributed by atoms with Gasteiger partial charge in [0.05, 0.1) is 0 Å².